The Morgan fingerprint density at radius 1 is 1.00 bits per heavy atom. The van der Waals surface area contributed by atoms with Gasteiger partial charge in [0.1, 0.15) is 5.60 Å². The maximum absolute atomic E-state index is 10.1. The van der Waals surface area contributed by atoms with Crippen LogP contribution < -0.4 is 34.2 Å². The molecule has 0 amide bonds. The molecule has 1 radical (unpaired) electrons. The molecule has 0 fully saturated rings. The first kappa shape index (κ1) is 25.0. The van der Waals surface area contributed by atoms with Crippen molar-refractivity contribution in [2.45, 2.75) is 18.4 Å². The molecule has 0 saturated carbocycles. The molecule has 0 aromatic rings. The first-order chi connectivity index (χ1) is 5.78. The summed E-state index contributed by atoms with van der Waals surface area (Å²) in [5.41, 5.74) is -2.97. The molecule has 0 spiro atoms. The van der Waals surface area contributed by atoms with Crippen molar-refractivity contribution in [3.63, 3.8) is 0 Å². The zero-order chi connectivity index (χ0) is 10.6. The van der Waals surface area contributed by atoms with Crippen LogP contribution in [-0.2, 0) is 48.5 Å². The molecule has 0 aliphatic heterocycles. The minimum Gasteiger partial charge on any atom is -0.550 e. The summed E-state index contributed by atoms with van der Waals surface area (Å²) >= 11 is 0. The fourth-order valence-corrected chi connectivity index (χ4v) is 0.684. The van der Waals surface area contributed by atoms with Crippen LogP contribution in [0, 0.1) is 0 Å². The number of carboxylic acid groups (broad SMARTS) is 3. The molecule has 10 heteroatoms. The molecular weight excluding hydrogens is 302 g/mol. The van der Waals surface area contributed by atoms with Gasteiger partial charge in [-0.25, -0.2) is 0 Å². The Morgan fingerprint density at radius 2 is 1.25 bits per heavy atom. The average Bonchev–Trinajstić information content (AvgIpc) is 1.82. The smallest absolute Gasteiger partial charge is 0.550 e. The van der Waals surface area contributed by atoms with Gasteiger partial charge in [-0.3, -0.25) is 0 Å². The van der Waals surface area contributed by atoms with Crippen LogP contribution in [0.5, 0.6) is 0 Å². The Hall–Kier alpha value is 0.00636. The predicted octanol–water partition coefficient (Wildman–Crippen LogP) is -8.25. The van der Waals surface area contributed by atoms with Gasteiger partial charge < -0.3 is 34.8 Å². The zero-order valence-corrected chi connectivity index (χ0v) is 10.3. The summed E-state index contributed by atoms with van der Waals surface area (Å²) in [5, 5.41) is 38.9. The van der Waals surface area contributed by atoms with Crippen molar-refractivity contribution in [3.8, 4) is 0 Å². The summed E-state index contributed by atoms with van der Waals surface area (Å²) in [7, 11) is 0. The summed E-state index contributed by atoms with van der Waals surface area (Å²) < 4.78 is 0. The van der Waals surface area contributed by atoms with Gasteiger partial charge in [0.15, 0.2) is 0 Å². The van der Waals surface area contributed by atoms with Crippen LogP contribution in [-0.4, -0.2) is 28.6 Å². The molecule has 85 valence electrons. The molecule has 0 saturated heterocycles. The van der Waals surface area contributed by atoms with E-state index in [0.717, 1.165) is 0 Å². The average molecular weight is 307 g/mol. The van der Waals surface area contributed by atoms with Gasteiger partial charge in [-0.05, 0) is 0 Å². The quantitative estimate of drug-likeness (QED) is 0.497. The molecule has 0 heterocycles. The summed E-state index contributed by atoms with van der Waals surface area (Å²) in [5.74, 6) is -5.98. The van der Waals surface area contributed by atoms with Crippen LogP contribution in [0.15, 0.2) is 0 Å². The normalized spacial score (nSPS) is 8.81. The fourth-order valence-electron chi connectivity index (χ4n) is 0.684. The third-order valence-electron chi connectivity index (χ3n) is 1.25. The Labute approximate surface area is 124 Å². The number of hydrogen-bond acceptors (Lipinski definition) is 7. The van der Waals surface area contributed by atoms with Gasteiger partial charge in [-0.15, -0.1) is 0 Å². The van der Waals surface area contributed by atoms with Crippen LogP contribution in [0.2, 0.25) is 0 Å². The molecule has 1 N–H and O–H groups in total. The van der Waals surface area contributed by atoms with Crippen LogP contribution >= 0.6 is 0 Å². The maximum Gasteiger partial charge on any atom is 2.00 e. The first-order valence-corrected chi connectivity index (χ1v) is 3.11. The second kappa shape index (κ2) is 10.2. The van der Waals surface area contributed by atoms with Gasteiger partial charge in [0.2, 0.25) is 0 Å². The molecule has 0 bridgehead atoms. The van der Waals surface area contributed by atoms with Crippen molar-refractivity contribution < 1.29 is 87.8 Å². The van der Waals surface area contributed by atoms with E-state index in [1.807, 2.05) is 0 Å². The zero-order valence-electron chi connectivity index (χ0n) is 8.04. The third kappa shape index (κ3) is 9.25. The summed E-state index contributed by atoms with van der Waals surface area (Å²) in [4.78, 5) is 30.0. The van der Waals surface area contributed by atoms with Gasteiger partial charge in [0.05, 0.1) is 5.97 Å². The number of hydrogen-bond donors (Lipinski definition) is 1. The van der Waals surface area contributed by atoms with E-state index < -0.39 is 36.4 Å². The molecule has 0 aromatic heterocycles. The minimum atomic E-state index is -2.97. The molecule has 0 rings (SSSR count). The number of carbonyl (C=O) groups excluding carboxylic acids is 3. The van der Waals surface area contributed by atoms with Crippen molar-refractivity contribution in [2.75, 3.05) is 0 Å². The maximum atomic E-state index is 10.1. The van der Waals surface area contributed by atoms with Crippen molar-refractivity contribution in [3.05, 3.63) is 0 Å². The minimum absolute atomic E-state index is 0. The fraction of sp³-hybridized carbons (Fsp3) is 0.500. The van der Waals surface area contributed by atoms with E-state index in [2.05, 4.69) is 0 Å². The van der Waals surface area contributed by atoms with Crippen LogP contribution in [0.3, 0.4) is 0 Å². The third-order valence-corrected chi connectivity index (χ3v) is 1.25. The molecule has 7 nitrogen and oxygen atoms in total. The number of carbonyl (C=O) groups is 3. The van der Waals surface area contributed by atoms with E-state index >= 15 is 0 Å². The molecule has 0 atom stereocenters. The van der Waals surface area contributed by atoms with E-state index in [0.29, 0.717) is 0 Å². The largest absolute Gasteiger partial charge is 2.00 e. The Bertz CT molecular complexity index is 243. The van der Waals surface area contributed by atoms with Gasteiger partial charge in [-0.1, -0.05) is 0 Å². The van der Waals surface area contributed by atoms with E-state index in [1.54, 1.807) is 0 Å². The second-order valence-electron chi connectivity index (χ2n) is 2.42. The van der Waals surface area contributed by atoms with Gasteiger partial charge in [0, 0.05) is 24.8 Å². The first-order valence-electron chi connectivity index (χ1n) is 3.11. The van der Waals surface area contributed by atoms with E-state index in [4.69, 9.17) is 5.11 Å². The summed E-state index contributed by atoms with van der Waals surface area (Å²) in [6.07, 6.45) is -2.72. The van der Waals surface area contributed by atoms with Crippen molar-refractivity contribution in [1.29, 1.82) is 0 Å². The Balaban J connectivity index is -0.000000240. The SMILES string of the molecule is O=C([O-])CC(O)(CC(=O)[O-])C(=O)[O-].[Fe+2].[Li+].[Mn+2]. The molecular formula is C6H5FeLiMnO7+2. The second-order valence-corrected chi connectivity index (χ2v) is 2.42. The number of carboxylic acids is 3. The molecule has 0 aliphatic carbocycles. The molecule has 16 heavy (non-hydrogen) atoms. The van der Waals surface area contributed by atoms with Crippen molar-refractivity contribution >= 4 is 17.9 Å². The Morgan fingerprint density at radius 3 is 1.38 bits per heavy atom. The van der Waals surface area contributed by atoms with Crippen LogP contribution in [0.1, 0.15) is 12.8 Å². The van der Waals surface area contributed by atoms with Crippen molar-refractivity contribution in [2.24, 2.45) is 0 Å². The van der Waals surface area contributed by atoms with Crippen LogP contribution in [0.25, 0.3) is 0 Å². The Kier molecular flexibility index (Phi) is 15.9. The van der Waals surface area contributed by atoms with E-state index in [-0.39, 0.29) is 53.0 Å². The standard InChI is InChI=1S/C6H8O7.Fe.Li.Mn/c7-3(8)1-6(13,5(11)12)2-4(9)10;;;/h13H,1-2H2,(H,7,8)(H,9,10)(H,11,12);;;/q;+2;+1;+2/p-3. The predicted molar refractivity (Wildman–Crippen MR) is 29.2 cm³/mol. The monoisotopic (exact) mass is 307 g/mol. The topological polar surface area (TPSA) is 141 Å². The summed E-state index contributed by atoms with van der Waals surface area (Å²) in [6.45, 7) is 0. The van der Waals surface area contributed by atoms with E-state index in [9.17, 15) is 29.7 Å². The number of aliphatic hydroxyl groups is 1. The molecule has 0 aliphatic rings. The summed E-state index contributed by atoms with van der Waals surface area (Å²) in [6, 6.07) is 0. The van der Waals surface area contributed by atoms with Gasteiger partial charge in [-0.2, -0.15) is 0 Å². The molecule has 0 aromatic carbocycles. The van der Waals surface area contributed by atoms with Crippen LogP contribution in [0.4, 0.5) is 0 Å². The number of aliphatic carboxylic acids is 3. The van der Waals surface area contributed by atoms with E-state index in [1.165, 1.54) is 0 Å². The van der Waals surface area contributed by atoms with Crippen molar-refractivity contribution in [1.82, 2.24) is 0 Å². The van der Waals surface area contributed by atoms with Gasteiger partial charge >= 0.3 is 53.0 Å². The molecule has 0 unspecified atom stereocenters. The number of rotatable bonds is 5. The van der Waals surface area contributed by atoms with Gasteiger partial charge in [0.25, 0.3) is 0 Å².